The molecule has 0 bridgehead atoms. The van der Waals surface area contributed by atoms with Crippen LogP contribution in [-0.2, 0) is 4.79 Å². The maximum Gasteiger partial charge on any atom is 0.221 e. The van der Waals surface area contributed by atoms with E-state index in [0.717, 1.165) is 32.9 Å². The molecule has 6 nitrogen and oxygen atoms in total. The summed E-state index contributed by atoms with van der Waals surface area (Å²) in [4.78, 5) is 18.2. The largest absolute Gasteiger partial charge is 0.351 e. The minimum Gasteiger partial charge on any atom is -0.351 e. The van der Waals surface area contributed by atoms with Crippen molar-refractivity contribution < 1.29 is 4.79 Å². The number of aromatic nitrogens is 2. The maximum atomic E-state index is 11.4. The molecular formula is C26H22BrN5OS. The molecule has 1 fully saturated rings. The molecular weight excluding hydrogens is 510 g/mol. The van der Waals surface area contributed by atoms with Gasteiger partial charge >= 0.3 is 0 Å². The average Bonchev–Trinajstić information content (AvgIpc) is 3.44. The third-order valence-electron chi connectivity index (χ3n) is 5.73. The lowest BCUT2D eigenvalue weighted by atomic mass is 10.0. The highest BCUT2D eigenvalue weighted by Gasteiger charge is 2.42. The number of rotatable bonds is 5. The molecule has 3 heterocycles. The summed E-state index contributed by atoms with van der Waals surface area (Å²) >= 11 is 9.42. The number of halogens is 1. The lowest BCUT2D eigenvalue weighted by molar-refractivity contribution is -0.114. The number of pyridine rings is 1. The molecule has 2 atom stereocenters. The highest BCUT2D eigenvalue weighted by molar-refractivity contribution is 9.10. The van der Waals surface area contributed by atoms with E-state index in [1.165, 1.54) is 6.92 Å². The van der Waals surface area contributed by atoms with Gasteiger partial charge in [-0.25, -0.2) is 0 Å². The van der Waals surface area contributed by atoms with E-state index in [2.05, 4.69) is 65.4 Å². The summed E-state index contributed by atoms with van der Waals surface area (Å²) in [6.07, 6.45) is 3.86. The lowest BCUT2D eigenvalue weighted by Gasteiger charge is -2.29. The third kappa shape index (κ3) is 4.34. The first kappa shape index (κ1) is 22.3. The van der Waals surface area contributed by atoms with Gasteiger partial charge in [0, 0.05) is 46.5 Å². The molecule has 2 aromatic heterocycles. The molecule has 0 spiro atoms. The van der Waals surface area contributed by atoms with Crippen LogP contribution in [-0.4, -0.2) is 20.6 Å². The van der Waals surface area contributed by atoms with Crippen molar-refractivity contribution in [3.05, 3.63) is 107 Å². The minimum atomic E-state index is -0.150. The molecule has 0 unspecified atom stereocenters. The van der Waals surface area contributed by atoms with Gasteiger partial charge in [0.2, 0.25) is 5.91 Å². The van der Waals surface area contributed by atoms with E-state index in [9.17, 15) is 4.79 Å². The van der Waals surface area contributed by atoms with Gasteiger partial charge in [-0.15, -0.1) is 0 Å². The van der Waals surface area contributed by atoms with Crippen molar-refractivity contribution in [2.75, 3.05) is 10.2 Å². The van der Waals surface area contributed by atoms with Crippen LogP contribution in [0.15, 0.2) is 95.7 Å². The van der Waals surface area contributed by atoms with Gasteiger partial charge in [0.05, 0.1) is 11.7 Å². The van der Waals surface area contributed by atoms with Crippen molar-refractivity contribution in [3.8, 4) is 5.69 Å². The average molecular weight is 532 g/mol. The summed E-state index contributed by atoms with van der Waals surface area (Å²) in [6, 6.07) is 25.7. The van der Waals surface area contributed by atoms with Crippen LogP contribution in [0.2, 0.25) is 0 Å². The number of thiocarbonyl (C=S) groups is 1. The van der Waals surface area contributed by atoms with E-state index >= 15 is 0 Å². The van der Waals surface area contributed by atoms with Crippen LogP contribution in [0.3, 0.4) is 0 Å². The monoisotopic (exact) mass is 531 g/mol. The number of carbonyl (C=O) groups excluding carboxylic acids is 1. The van der Waals surface area contributed by atoms with Crippen LogP contribution in [0.25, 0.3) is 5.69 Å². The van der Waals surface area contributed by atoms with E-state index in [1.54, 1.807) is 6.20 Å². The molecule has 34 heavy (non-hydrogen) atoms. The van der Waals surface area contributed by atoms with Gasteiger partial charge in [-0.1, -0.05) is 28.1 Å². The van der Waals surface area contributed by atoms with E-state index in [4.69, 9.17) is 12.2 Å². The predicted molar refractivity (Wildman–Crippen MR) is 142 cm³/mol. The lowest BCUT2D eigenvalue weighted by Crippen LogP contribution is -2.30. The molecule has 8 heteroatoms. The molecule has 5 rings (SSSR count). The van der Waals surface area contributed by atoms with Gasteiger partial charge in [-0.2, -0.15) is 0 Å². The first-order chi connectivity index (χ1) is 16.5. The maximum absolute atomic E-state index is 11.4. The molecule has 2 aromatic carbocycles. The Morgan fingerprint density at radius 2 is 1.85 bits per heavy atom. The van der Waals surface area contributed by atoms with Crippen LogP contribution in [0, 0.1) is 0 Å². The summed E-state index contributed by atoms with van der Waals surface area (Å²) in [6.45, 7) is 1.50. The summed E-state index contributed by atoms with van der Waals surface area (Å²) in [5, 5.41) is 6.94. The van der Waals surface area contributed by atoms with Crippen molar-refractivity contribution in [1.29, 1.82) is 0 Å². The zero-order valence-corrected chi connectivity index (χ0v) is 20.8. The summed E-state index contributed by atoms with van der Waals surface area (Å²) in [5.74, 6) is -0.106. The molecule has 170 valence electrons. The Balaban J connectivity index is 1.62. The fourth-order valence-electron chi connectivity index (χ4n) is 4.34. The van der Waals surface area contributed by atoms with Gasteiger partial charge < -0.3 is 20.1 Å². The third-order valence-corrected chi connectivity index (χ3v) is 6.54. The fourth-order valence-corrected chi connectivity index (χ4v) is 5.07. The second-order valence-electron chi connectivity index (χ2n) is 8.01. The molecule has 1 aliphatic rings. The van der Waals surface area contributed by atoms with Crippen LogP contribution in [0.5, 0.6) is 0 Å². The molecule has 2 N–H and O–H groups in total. The van der Waals surface area contributed by atoms with Crippen molar-refractivity contribution >= 4 is 50.5 Å². The molecule has 4 aromatic rings. The molecule has 0 aliphatic carbocycles. The summed E-state index contributed by atoms with van der Waals surface area (Å²) in [7, 11) is 0. The Hall–Kier alpha value is -3.49. The van der Waals surface area contributed by atoms with Crippen LogP contribution < -0.4 is 15.5 Å². The van der Waals surface area contributed by atoms with Crippen molar-refractivity contribution in [3.63, 3.8) is 0 Å². The van der Waals surface area contributed by atoms with E-state index in [1.807, 2.05) is 60.7 Å². The van der Waals surface area contributed by atoms with Gasteiger partial charge in [-0.05, 0) is 78.9 Å². The Labute approximate surface area is 211 Å². The van der Waals surface area contributed by atoms with Gasteiger partial charge in [-0.3, -0.25) is 9.78 Å². The number of nitrogens with one attached hydrogen (secondary N) is 2. The summed E-state index contributed by atoms with van der Waals surface area (Å²) < 4.78 is 3.19. The van der Waals surface area contributed by atoms with Crippen LogP contribution in [0.1, 0.15) is 30.4 Å². The number of anilines is 2. The van der Waals surface area contributed by atoms with E-state index < -0.39 is 0 Å². The van der Waals surface area contributed by atoms with Crippen LogP contribution in [0.4, 0.5) is 11.4 Å². The number of amides is 1. The fraction of sp³-hybridized carbons (Fsp3) is 0.115. The Bertz CT molecular complexity index is 1340. The molecule has 0 radical (unpaired) electrons. The number of benzene rings is 2. The Kier molecular flexibility index (Phi) is 6.17. The van der Waals surface area contributed by atoms with E-state index in [-0.39, 0.29) is 18.0 Å². The zero-order chi connectivity index (χ0) is 23.7. The van der Waals surface area contributed by atoms with Crippen molar-refractivity contribution in [1.82, 2.24) is 14.9 Å². The Morgan fingerprint density at radius 1 is 1.03 bits per heavy atom. The SMILES string of the molecule is CC(=O)Nc1ccc(N2C(=S)N[C@@H](c3ccccn3)[C@H]2c2cccn2-c2cccc(Br)c2)cc1. The second kappa shape index (κ2) is 9.40. The number of hydrogen-bond acceptors (Lipinski definition) is 3. The first-order valence-electron chi connectivity index (χ1n) is 10.8. The highest BCUT2D eigenvalue weighted by atomic mass is 79.9. The highest BCUT2D eigenvalue weighted by Crippen LogP contribution is 2.42. The normalized spacial score (nSPS) is 17.5. The predicted octanol–water partition coefficient (Wildman–Crippen LogP) is 5.77. The van der Waals surface area contributed by atoms with Gasteiger partial charge in [0.15, 0.2) is 5.11 Å². The number of nitrogens with zero attached hydrogens (tertiary/aromatic N) is 3. The summed E-state index contributed by atoms with van der Waals surface area (Å²) in [5.41, 5.74) is 4.70. The van der Waals surface area contributed by atoms with Gasteiger partial charge in [0.25, 0.3) is 0 Å². The number of carbonyl (C=O) groups is 1. The smallest absolute Gasteiger partial charge is 0.221 e. The second-order valence-corrected chi connectivity index (χ2v) is 9.31. The first-order valence-corrected chi connectivity index (χ1v) is 12.0. The zero-order valence-electron chi connectivity index (χ0n) is 18.4. The van der Waals surface area contributed by atoms with Gasteiger partial charge in [0.1, 0.15) is 6.04 Å². The van der Waals surface area contributed by atoms with Crippen molar-refractivity contribution in [2.24, 2.45) is 0 Å². The topological polar surface area (TPSA) is 62.2 Å². The van der Waals surface area contributed by atoms with Crippen molar-refractivity contribution in [2.45, 2.75) is 19.0 Å². The molecule has 1 amide bonds. The standard InChI is InChI=1S/C26H22BrN5OS/c1-17(33)29-19-10-12-20(13-11-19)32-25(24(30-26(32)34)22-8-2-3-14-28-22)23-9-5-15-31(23)21-7-4-6-18(27)16-21/h2-16,24-25H,1H3,(H,29,33)(H,30,34)/t24-,25+/m0/s1. The molecule has 1 aliphatic heterocycles. The van der Waals surface area contributed by atoms with Crippen LogP contribution >= 0.6 is 28.1 Å². The minimum absolute atomic E-state index is 0.106. The number of hydrogen-bond donors (Lipinski definition) is 2. The molecule has 1 saturated heterocycles. The quantitative estimate of drug-likeness (QED) is 0.320. The molecule has 0 saturated carbocycles. The Morgan fingerprint density at radius 3 is 2.56 bits per heavy atom. The van der Waals surface area contributed by atoms with E-state index in [0.29, 0.717) is 5.11 Å².